The smallest absolute Gasteiger partial charge is 0.123 e. The third-order valence-electron chi connectivity index (χ3n) is 6.43. The highest BCUT2D eigenvalue weighted by Gasteiger charge is 2.20. The Hall–Kier alpha value is -4.09. The van der Waals surface area contributed by atoms with Crippen molar-refractivity contribution in [1.29, 1.82) is 0 Å². The molecule has 0 radical (unpaired) electrons. The largest absolute Gasteiger partial charge is 0.375 e. The standard InChI is InChI=1S/C32H30FN3O/c33-29-16-14-28(15-17-29)32-31(27-18-20-34-21-19-27)30(13-7-12-25-8-3-1-4-9-25)36(35-32)22-23-37-24-26-10-5-2-6-11-26/h1-6,8-11,14-21H,7,12-13,22-24H2. The summed E-state index contributed by atoms with van der Waals surface area (Å²) in [5.74, 6) is -0.258. The summed E-state index contributed by atoms with van der Waals surface area (Å²) in [6, 6.07) is 31.3. The predicted molar refractivity (Wildman–Crippen MR) is 145 cm³/mol. The third kappa shape index (κ3) is 6.38. The summed E-state index contributed by atoms with van der Waals surface area (Å²) in [5, 5.41) is 5.05. The predicted octanol–water partition coefficient (Wildman–Crippen LogP) is 7.14. The van der Waals surface area contributed by atoms with Crippen LogP contribution in [0.1, 0.15) is 23.2 Å². The van der Waals surface area contributed by atoms with E-state index in [1.54, 1.807) is 24.5 Å². The molecule has 0 aliphatic carbocycles. The minimum atomic E-state index is -0.258. The fraction of sp³-hybridized carbons (Fsp3) is 0.188. The Kier molecular flexibility index (Phi) is 8.14. The first-order valence-corrected chi connectivity index (χ1v) is 12.7. The van der Waals surface area contributed by atoms with Crippen LogP contribution < -0.4 is 0 Å². The zero-order valence-corrected chi connectivity index (χ0v) is 20.8. The van der Waals surface area contributed by atoms with Gasteiger partial charge in [-0.25, -0.2) is 4.39 Å². The zero-order chi connectivity index (χ0) is 25.3. The van der Waals surface area contributed by atoms with Gasteiger partial charge in [0.25, 0.3) is 0 Å². The molecule has 37 heavy (non-hydrogen) atoms. The SMILES string of the molecule is Fc1ccc(-c2nn(CCOCc3ccccc3)c(CCCc3ccccc3)c2-c2ccncc2)cc1. The van der Waals surface area contributed by atoms with Gasteiger partial charge in [-0.15, -0.1) is 0 Å². The lowest BCUT2D eigenvalue weighted by Gasteiger charge is -2.11. The number of nitrogens with zero attached hydrogens (tertiary/aromatic N) is 3. The van der Waals surface area contributed by atoms with Crippen LogP contribution in [0, 0.1) is 5.82 Å². The van der Waals surface area contributed by atoms with E-state index in [4.69, 9.17) is 9.84 Å². The van der Waals surface area contributed by atoms with Crippen LogP contribution in [0.2, 0.25) is 0 Å². The average Bonchev–Trinajstić information content (AvgIpc) is 3.31. The van der Waals surface area contributed by atoms with Gasteiger partial charge in [0.2, 0.25) is 0 Å². The van der Waals surface area contributed by atoms with Gasteiger partial charge in [-0.05, 0) is 72.4 Å². The van der Waals surface area contributed by atoms with Gasteiger partial charge in [-0.2, -0.15) is 5.10 Å². The van der Waals surface area contributed by atoms with Gasteiger partial charge in [0.05, 0.1) is 19.8 Å². The van der Waals surface area contributed by atoms with E-state index >= 15 is 0 Å². The Morgan fingerprint density at radius 2 is 1.38 bits per heavy atom. The molecule has 0 spiro atoms. The van der Waals surface area contributed by atoms with E-state index in [1.165, 1.54) is 17.7 Å². The quantitative estimate of drug-likeness (QED) is 0.184. The number of rotatable bonds is 11. The van der Waals surface area contributed by atoms with Gasteiger partial charge in [-0.3, -0.25) is 9.67 Å². The topological polar surface area (TPSA) is 39.9 Å². The van der Waals surface area contributed by atoms with Crippen LogP contribution in [0.4, 0.5) is 4.39 Å². The normalized spacial score (nSPS) is 11.1. The van der Waals surface area contributed by atoms with Gasteiger partial charge in [0, 0.05) is 29.2 Å². The van der Waals surface area contributed by atoms with Crippen LogP contribution in [-0.4, -0.2) is 21.4 Å². The second-order valence-electron chi connectivity index (χ2n) is 9.01. The highest BCUT2D eigenvalue weighted by atomic mass is 19.1. The minimum Gasteiger partial charge on any atom is -0.375 e. The third-order valence-corrected chi connectivity index (χ3v) is 6.43. The van der Waals surface area contributed by atoms with Crippen molar-refractivity contribution in [2.75, 3.05) is 6.61 Å². The summed E-state index contributed by atoms with van der Waals surface area (Å²) in [6.07, 6.45) is 6.44. The van der Waals surface area contributed by atoms with Crippen molar-refractivity contribution in [3.05, 3.63) is 132 Å². The number of benzene rings is 3. The number of halogens is 1. The Morgan fingerprint density at radius 3 is 2.08 bits per heavy atom. The first kappa shape index (κ1) is 24.6. The number of ether oxygens (including phenoxy) is 1. The second-order valence-corrected chi connectivity index (χ2v) is 9.01. The van der Waals surface area contributed by atoms with Crippen molar-refractivity contribution >= 4 is 0 Å². The number of hydrogen-bond donors (Lipinski definition) is 0. The molecule has 0 N–H and O–H groups in total. The van der Waals surface area contributed by atoms with Crippen LogP contribution in [-0.2, 0) is 30.7 Å². The van der Waals surface area contributed by atoms with E-state index in [-0.39, 0.29) is 5.82 Å². The first-order valence-electron chi connectivity index (χ1n) is 12.7. The molecule has 0 amide bonds. The molecular weight excluding hydrogens is 461 g/mol. The van der Waals surface area contributed by atoms with Crippen LogP contribution >= 0.6 is 0 Å². The fourth-order valence-electron chi connectivity index (χ4n) is 4.59. The second kappa shape index (κ2) is 12.2. The molecule has 0 saturated carbocycles. The lowest BCUT2D eigenvalue weighted by Crippen LogP contribution is -2.11. The molecule has 4 nitrogen and oxygen atoms in total. The number of aromatic nitrogens is 3. The molecule has 0 aliphatic rings. The fourth-order valence-corrected chi connectivity index (χ4v) is 4.59. The maximum Gasteiger partial charge on any atom is 0.123 e. The van der Waals surface area contributed by atoms with Crippen molar-refractivity contribution < 1.29 is 9.13 Å². The molecule has 0 fully saturated rings. The van der Waals surface area contributed by atoms with Crippen LogP contribution in [0.5, 0.6) is 0 Å². The molecule has 2 heterocycles. The van der Waals surface area contributed by atoms with E-state index in [2.05, 4.69) is 46.1 Å². The van der Waals surface area contributed by atoms with Gasteiger partial charge in [-0.1, -0.05) is 60.7 Å². The first-order chi connectivity index (χ1) is 18.3. The minimum absolute atomic E-state index is 0.258. The van der Waals surface area contributed by atoms with Gasteiger partial charge < -0.3 is 4.74 Å². The summed E-state index contributed by atoms with van der Waals surface area (Å²) < 4.78 is 21.8. The van der Waals surface area contributed by atoms with Crippen LogP contribution in [0.25, 0.3) is 22.4 Å². The molecular formula is C32H30FN3O. The number of aryl methyl sites for hydroxylation is 1. The van der Waals surface area contributed by atoms with E-state index < -0.39 is 0 Å². The molecule has 0 atom stereocenters. The Balaban J connectivity index is 1.45. The van der Waals surface area contributed by atoms with Crippen molar-refractivity contribution in [3.8, 4) is 22.4 Å². The summed E-state index contributed by atoms with van der Waals surface area (Å²) in [5.41, 5.74) is 7.50. The van der Waals surface area contributed by atoms with E-state index in [1.807, 2.05) is 36.4 Å². The lowest BCUT2D eigenvalue weighted by atomic mass is 9.96. The average molecular weight is 492 g/mol. The molecule has 5 heteroatoms. The lowest BCUT2D eigenvalue weighted by molar-refractivity contribution is 0.110. The molecule has 3 aromatic carbocycles. The van der Waals surface area contributed by atoms with Gasteiger partial charge in [0.1, 0.15) is 11.5 Å². The number of hydrogen-bond acceptors (Lipinski definition) is 3. The van der Waals surface area contributed by atoms with Crippen LogP contribution in [0.3, 0.4) is 0 Å². The summed E-state index contributed by atoms with van der Waals surface area (Å²) in [7, 11) is 0. The molecule has 5 aromatic rings. The maximum absolute atomic E-state index is 13.7. The van der Waals surface area contributed by atoms with E-state index in [9.17, 15) is 4.39 Å². The van der Waals surface area contributed by atoms with Crippen molar-refractivity contribution in [2.45, 2.75) is 32.4 Å². The summed E-state index contributed by atoms with van der Waals surface area (Å²) >= 11 is 0. The van der Waals surface area contributed by atoms with Crippen molar-refractivity contribution in [3.63, 3.8) is 0 Å². The van der Waals surface area contributed by atoms with Gasteiger partial charge >= 0.3 is 0 Å². The zero-order valence-electron chi connectivity index (χ0n) is 20.8. The Labute approximate surface area is 217 Å². The van der Waals surface area contributed by atoms with Crippen LogP contribution in [0.15, 0.2) is 109 Å². The van der Waals surface area contributed by atoms with Crippen molar-refractivity contribution in [1.82, 2.24) is 14.8 Å². The highest BCUT2D eigenvalue weighted by Crippen LogP contribution is 2.35. The summed E-state index contributed by atoms with van der Waals surface area (Å²) in [4.78, 5) is 4.22. The molecule has 186 valence electrons. The Bertz CT molecular complexity index is 1390. The summed E-state index contributed by atoms with van der Waals surface area (Å²) in [6.45, 7) is 1.74. The maximum atomic E-state index is 13.7. The molecule has 0 saturated heterocycles. The van der Waals surface area contributed by atoms with E-state index in [0.29, 0.717) is 19.8 Å². The Morgan fingerprint density at radius 1 is 0.703 bits per heavy atom. The molecule has 0 bridgehead atoms. The molecule has 0 unspecified atom stereocenters. The van der Waals surface area contributed by atoms with E-state index in [0.717, 1.165) is 52.9 Å². The van der Waals surface area contributed by atoms with Crippen molar-refractivity contribution in [2.24, 2.45) is 0 Å². The highest BCUT2D eigenvalue weighted by molar-refractivity contribution is 5.82. The molecule has 5 rings (SSSR count). The van der Waals surface area contributed by atoms with Gasteiger partial charge in [0.15, 0.2) is 0 Å². The number of pyridine rings is 1. The monoisotopic (exact) mass is 491 g/mol. The molecule has 0 aliphatic heterocycles. The molecule has 2 aromatic heterocycles.